The summed E-state index contributed by atoms with van der Waals surface area (Å²) in [5.41, 5.74) is 1.49. The summed E-state index contributed by atoms with van der Waals surface area (Å²) in [5.74, 6) is 1.70. The summed E-state index contributed by atoms with van der Waals surface area (Å²) >= 11 is 0. The molecule has 6 nitrogen and oxygen atoms in total. The molecule has 1 aliphatic carbocycles. The van der Waals surface area contributed by atoms with Crippen molar-refractivity contribution < 1.29 is 14.1 Å². The van der Waals surface area contributed by atoms with Crippen LogP contribution in [0.2, 0.25) is 0 Å². The molecule has 0 atom stereocenters. The van der Waals surface area contributed by atoms with E-state index in [2.05, 4.69) is 10.1 Å². The van der Waals surface area contributed by atoms with Crippen LogP contribution in [0.3, 0.4) is 0 Å². The highest BCUT2D eigenvalue weighted by atomic mass is 16.5. The van der Waals surface area contributed by atoms with Gasteiger partial charge in [-0.2, -0.15) is 0 Å². The van der Waals surface area contributed by atoms with Crippen molar-refractivity contribution in [2.75, 3.05) is 26.2 Å². The van der Waals surface area contributed by atoms with Gasteiger partial charge in [0, 0.05) is 32.6 Å². The number of aryl methyl sites for hydroxylation is 2. The maximum Gasteiger partial charge on any atom is 0.259 e. The molecule has 136 valence electrons. The molecule has 0 aromatic carbocycles. The monoisotopic (exact) mass is 345 g/mol. The first-order valence-electron chi connectivity index (χ1n) is 9.47. The van der Waals surface area contributed by atoms with Crippen molar-refractivity contribution in [1.82, 2.24) is 15.0 Å². The highest BCUT2D eigenvalue weighted by Crippen LogP contribution is 2.42. The van der Waals surface area contributed by atoms with Crippen LogP contribution in [0.5, 0.6) is 0 Å². The van der Waals surface area contributed by atoms with E-state index in [1.54, 1.807) is 6.92 Å². The third-order valence-electron chi connectivity index (χ3n) is 6.28. The zero-order valence-corrected chi connectivity index (χ0v) is 15.2. The minimum absolute atomic E-state index is 0.0350. The van der Waals surface area contributed by atoms with Gasteiger partial charge in [0.1, 0.15) is 11.3 Å². The van der Waals surface area contributed by atoms with E-state index < -0.39 is 0 Å². The summed E-state index contributed by atoms with van der Waals surface area (Å²) in [6.07, 6.45) is 6.16. The molecule has 0 N–H and O–H groups in total. The van der Waals surface area contributed by atoms with Crippen LogP contribution in [0.25, 0.3) is 0 Å². The first-order valence-corrected chi connectivity index (χ1v) is 9.47. The second kappa shape index (κ2) is 6.15. The molecule has 3 fully saturated rings. The lowest BCUT2D eigenvalue weighted by Gasteiger charge is -2.47. The molecule has 1 aromatic rings. The second-order valence-electron chi connectivity index (χ2n) is 8.21. The predicted octanol–water partition coefficient (Wildman–Crippen LogP) is 2.55. The van der Waals surface area contributed by atoms with Crippen molar-refractivity contribution >= 4 is 11.8 Å². The van der Waals surface area contributed by atoms with Crippen LogP contribution < -0.4 is 0 Å². The smallest absolute Gasteiger partial charge is 0.259 e. The summed E-state index contributed by atoms with van der Waals surface area (Å²) in [7, 11) is 0. The van der Waals surface area contributed by atoms with Gasteiger partial charge in [0.2, 0.25) is 5.91 Å². The molecule has 3 aliphatic rings. The number of nitrogens with zero attached hydrogens (tertiary/aromatic N) is 3. The van der Waals surface area contributed by atoms with Gasteiger partial charge in [0.05, 0.1) is 5.69 Å². The second-order valence-corrected chi connectivity index (χ2v) is 8.21. The third kappa shape index (κ3) is 3.18. The number of hydrogen-bond donors (Lipinski definition) is 0. The van der Waals surface area contributed by atoms with E-state index in [0.29, 0.717) is 29.3 Å². The van der Waals surface area contributed by atoms with E-state index in [4.69, 9.17) is 4.52 Å². The van der Waals surface area contributed by atoms with Gasteiger partial charge in [-0.05, 0) is 57.3 Å². The quantitative estimate of drug-likeness (QED) is 0.844. The molecule has 0 unspecified atom stereocenters. The lowest BCUT2D eigenvalue weighted by atomic mass is 9.72. The number of piperidine rings is 2. The highest BCUT2D eigenvalue weighted by molar-refractivity contribution is 5.96. The molecule has 1 spiro atoms. The van der Waals surface area contributed by atoms with Crippen molar-refractivity contribution in [3.05, 3.63) is 17.0 Å². The van der Waals surface area contributed by atoms with Gasteiger partial charge in [0.25, 0.3) is 5.91 Å². The molecule has 0 radical (unpaired) electrons. The maximum atomic E-state index is 12.8. The summed E-state index contributed by atoms with van der Waals surface area (Å²) < 4.78 is 5.14. The maximum absolute atomic E-state index is 12.8. The van der Waals surface area contributed by atoms with Gasteiger partial charge < -0.3 is 14.3 Å². The lowest BCUT2D eigenvalue weighted by Crippen LogP contribution is -2.52. The molecule has 25 heavy (non-hydrogen) atoms. The van der Waals surface area contributed by atoms with Crippen molar-refractivity contribution in [3.63, 3.8) is 0 Å². The summed E-state index contributed by atoms with van der Waals surface area (Å²) in [4.78, 5) is 29.1. The molecule has 6 heteroatoms. The van der Waals surface area contributed by atoms with Gasteiger partial charge >= 0.3 is 0 Å². The predicted molar refractivity (Wildman–Crippen MR) is 92.1 cm³/mol. The van der Waals surface area contributed by atoms with Gasteiger partial charge in [-0.25, -0.2) is 0 Å². The Balaban J connectivity index is 1.40. The Morgan fingerprint density at radius 3 is 2.56 bits per heavy atom. The number of amides is 2. The highest BCUT2D eigenvalue weighted by Gasteiger charge is 2.43. The van der Waals surface area contributed by atoms with Crippen LogP contribution in [-0.2, 0) is 4.79 Å². The minimum Gasteiger partial charge on any atom is -0.361 e. The Kier molecular flexibility index (Phi) is 4.08. The Labute approximate surface area is 148 Å². The van der Waals surface area contributed by atoms with Crippen molar-refractivity contribution in [2.24, 2.45) is 11.3 Å². The van der Waals surface area contributed by atoms with Crippen LogP contribution in [-0.4, -0.2) is 52.9 Å². The lowest BCUT2D eigenvalue weighted by molar-refractivity contribution is -0.139. The molecule has 4 rings (SSSR count). The molecular formula is C19H27N3O3. The van der Waals surface area contributed by atoms with E-state index in [9.17, 15) is 9.59 Å². The average molecular weight is 345 g/mol. The Morgan fingerprint density at radius 2 is 1.96 bits per heavy atom. The number of carbonyl (C=O) groups excluding carboxylic acids is 2. The number of aromatic nitrogens is 1. The number of likely N-dealkylation sites (tertiary alicyclic amines) is 2. The summed E-state index contributed by atoms with van der Waals surface area (Å²) in [6, 6.07) is 0. The Hall–Kier alpha value is -1.85. The number of rotatable bonds is 3. The van der Waals surface area contributed by atoms with Crippen molar-refractivity contribution in [2.45, 2.75) is 52.4 Å². The number of hydrogen-bond acceptors (Lipinski definition) is 4. The van der Waals surface area contributed by atoms with Crippen LogP contribution in [0.4, 0.5) is 0 Å². The van der Waals surface area contributed by atoms with E-state index in [0.717, 1.165) is 51.4 Å². The first kappa shape index (κ1) is 16.6. The van der Waals surface area contributed by atoms with Gasteiger partial charge in [-0.1, -0.05) is 5.16 Å². The average Bonchev–Trinajstić information content (AvgIpc) is 3.35. The topological polar surface area (TPSA) is 66.7 Å². The number of carbonyl (C=O) groups is 2. The van der Waals surface area contributed by atoms with E-state index >= 15 is 0 Å². The van der Waals surface area contributed by atoms with Crippen molar-refractivity contribution in [1.29, 1.82) is 0 Å². The SMILES string of the molecule is Cc1noc(C)c1C(=O)N1CCC2(CCC(=O)N(CC3CC3)C2)CC1. The standard InChI is InChI=1S/C19H27N3O3/c1-13-17(14(2)25-20-13)18(24)21-9-7-19(8-10-21)6-5-16(23)22(12-19)11-15-3-4-15/h15H,3-12H2,1-2H3. The fourth-order valence-corrected chi connectivity index (χ4v) is 4.42. The zero-order valence-electron chi connectivity index (χ0n) is 15.2. The van der Waals surface area contributed by atoms with Crippen LogP contribution in [0.1, 0.15) is 60.3 Å². The molecule has 2 saturated heterocycles. The fraction of sp³-hybridized carbons (Fsp3) is 0.737. The first-order chi connectivity index (χ1) is 12.0. The van der Waals surface area contributed by atoms with Gasteiger partial charge in [-0.3, -0.25) is 9.59 Å². The molecular weight excluding hydrogens is 318 g/mol. The van der Waals surface area contributed by atoms with E-state index in [1.165, 1.54) is 12.8 Å². The van der Waals surface area contributed by atoms with E-state index in [1.807, 2.05) is 11.8 Å². The summed E-state index contributed by atoms with van der Waals surface area (Å²) in [5, 5.41) is 3.90. The molecule has 3 heterocycles. The van der Waals surface area contributed by atoms with E-state index in [-0.39, 0.29) is 11.3 Å². The Bertz CT molecular complexity index is 665. The van der Waals surface area contributed by atoms with Crippen molar-refractivity contribution in [3.8, 4) is 0 Å². The molecule has 2 aliphatic heterocycles. The minimum atomic E-state index is 0.0350. The Morgan fingerprint density at radius 1 is 1.24 bits per heavy atom. The summed E-state index contributed by atoms with van der Waals surface area (Å²) in [6.45, 7) is 6.96. The molecule has 1 saturated carbocycles. The van der Waals surface area contributed by atoms with Crippen LogP contribution in [0.15, 0.2) is 4.52 Å². The van der Waals surface area contributed by atoms with Crippen LogP contribution in [0, 0.1) is 25.2 Å². The molecule has 1 aromatic heterocycles. The van der Waals surface area contributed by atoms with Gasteiger partial charge in [0.15, 0.2) is 0 Å². The zero-order chi connectivity index (χ0) is 17.6. The van der Waals surface area contributed by atoms with Crippen LogP contribution >= 0.6 is 0 Å². The molecule has 2 amide bonds. The molecule has 0 bridgehead atoms. The fourth-order valence-electron chi connectivity index (χ4n) is 4.42. The largest absolute Gasteiger partial charge is 0.361 e. The van der Waals surface area contributed by atoms with Gasteiger partial charge in [-0.15, -0.1) is 0 Å². The normalized spacial score (nSPS) is 23.4. The third-order valence-corrected chi connectivity index (χ3v) is 6.28.